The van der Waals surface area contributed by atoms with Gasteiger partial charge in [0.05, 0.1) is 23.4 Å². The molecule has 1 heterocycles. The van der Waals surface area contributed by atoms with Crippen LogP contribution in [0.15, 0.2) is 84.6 Å². The highest BCUT2D eigenvalue weighted by atomic mass is 35.5. The Hall–Kier alpha value is -3.57. The van der Waals surface area contributed by atoms with Gasteiger partial charge in [-0.25, -0.2) is 4.90 Å². The second-order valence-electron chi connectivity index (χ2n) is 7.32. The lowest BCUT2D eigenvalue weighted by Gasteiger charge is -2.25. The normalized spacial score (nSPS) is 13.7. The Bertz CT molecular complexity index is 1190. The number of ether oxygens (including phenoxy) is 1. The molecule has 5 nitrogen and oxygen atoms in total. The van der Waals surface area contributed by atoms with Gasteiger partial charge in [-0.3, -0.25) is 9.59 Å². The average molecular weight is 447 g/mol. The lowest BCUT2D eigenvalue weighted by molar-refractivity contribution is -0.120. The topological polar surface area (TPSA) is 49.9 Å². The van der Waals surface area contributed by atoms with Crippen LogP contribution in [0, 0.1) is 0 Å². The smallest absolute Gasteiger partial charge is 0.282 e. The predicted molar refractivity (Wildman–Crippen MR) is 126 cm³/mol. The van der Waals surface area contributed by atoms with E-state index < -0.39 is 11.8 Å². The van der Waals surface area contributed by atoms with Crippen molar-refractivity contribution in [3.05, 3.63) is 101 Å². The van der Waals surface area contributed by atoms with Crippen molar-refractivity contribution in [2.24, 2.45) is 0 Å². The summed E-state index contributed by atoms with van der Waals surface area (Å²) in [5, 5.41) is 0.334. The summed E-state index contributed by atoms with van der Waals surface area (Å²) in [5.74, 6) is -0.297. The van der Waals surface area contributed by atoms with Crippen LogP contribution in [0.3, 0.4) is 0 Å². The molecule has 0 aliphatic carbocycles. The fraction of sp³-hybridized carbons (Fsp3) is 0.154. The zero-order valence-corrected chi connectivity index (χ0v) is 18.7. The van der Waals surface area contributed by atoms with Crippen LogP contribution in [0.5, 0.6) is 5.75 Å². The van der Waals surface area contributed by atoms with Crippen molar-refractivity contribution >= 4 is 34.7 Å². The molecule has 0 fully saturated rings. The number of methoxy groups -OCH3 is 1. The number of carbonyl (C=O) groups is 2. The van der Waals surface area contributed by atoms with Gasteiger partial charge in [0.2, 0.25) is 0 Å². The summed E-state index contributed by atoms with van der Waals surface area (Å²) in [6.07, 6.45) is 0. The number of anilines is 1. The number of rotatable bonds is 7. The van der Waals surface area contributed by atoms with Crippen LogP contribution >= 0.6 is 11.6 Å². The maximum Gasteiger partial charge on any atom is 0.282 e. The van der Waals surface area contributed by atoms with Crippen LogP contribution in [-0.2, 0) is 16.1 Å². The van der Waals surface area contributed by atoms with Crippen molar-refractivity contribution in [3.63, 3.8) is 0 Å². The van der Waals surface area contributed by atoms with E-state index in [-0.39, 0.29) is 0 Å². The lowest BCUT2D eigenvalue weighted by Crippen LogP contribution is -2.35. The number of imide groups is 1. The fourth-order valence-electron chi connectivity index (χ4n) is 3.91. The van der Waals surface area contributed by atoms with Gasteiger partial charge in [0.25, 0.3) is 11.8 Å². The zero-order valence-electron chi connectivity index (χ0n) is 17.9. The minimum atomic E-state index is -0.422. The van der Waals surface area contributed by atoms with Gasteiger partial charge in [0, 0.05) is 18.7 Å². The minimum Gasteiger partial charge on any atom is -0.496 e. The van der Waals surface area contributed by atoms with E-state index >= 15 is 0 Å². The first-order chi connectivity index (χ1) is 15.6. The van der Waals surface area contributed by atoms with Crippen LogP contribution in [0.1, 0.15) is 18.1 Å². The number of amides is 2. The van der Waals surface area contributed by atoms with Gasteiger partial charge in [0.15, 0.2) is 0 Å². The second-order valence-corrected chi connectivity index (χ2v) is 7.73. The Morgan fingerprint density at radius 2 is 1.53 bits per heavy atom. The molecule has 4 rings (SSSR count). The molecule has 3 aromatic carbocycles. The lowest BCUT2D eigenvalue weighted by atomic mass is 10.0. The highest BCUT2D eigenvalue weighted by molar-refractivity contribution is 6.47. The molecule has 0 spiro atoms. The Labute approximate surface area is 192 Å². The molecule has 0 unspecified atom stereocenters. The molecular formula is C26H23ClN2O3. The summed E-state index contributed by atoms with van der Waals surface area (Å²) in [7, 11) is 1.55. The highest BCUT2D eigenvalue weighted by Crippen LogP contribution is 2.40. The average Bonchev–Trinajstić information content (AvgIpc) is 3.08. The molecule has 2 amide bonds. The number of nitrogens with zero attached hydrogens (tertiary/aromatic N) is 2. The van der Waals surface area contributed by atoms with Gasteiger partial charge in [-0.15, -0.1) is 0 Å². The van der Waals surface area contributed by atoms with E-state index in [2.05, 4.69) is 0 Å². The van der Waals surface area contributed by atoms with Gasteiger partial charge in [0.1, 0.15) is 11.4 Å². The van der Waals surface area contributed by atoms with E-state index in [9.17, 15) is 9.59 Å². The van der Waals surface area contributed by atoms with Gasteiger partial charge >= 0.3 is 0 Å². The summed E-state index contributed by atoms with van der Waals surface area (Å²) in [5.41, 5.74) is 2.63. The molecule has 1 aliphatic rings. The van der Waals surface area contributed by atoms with E-state index in [0.29, 0.717) is 46.4 Å². The number of benzene rings is 3. The Balaban J connectivity index is 1.89. The van der Waals surface area contributed by atoms with Gasteiger partial charge < -0.3 is 9.64 Å². The van der Waals surface area contributed by atoms with Crippen molar-refractivity contribution in [1.82, 2.24) is 4.90 Å². The number of carbonyl (C=O) groups excluding carboxylic acids is 2. The first-order valence-corrected chi connectivity index (χ1v) is 10.7. The van der Waals surface area contributed by atoms with Crippen molar-refractivity contribution in [2.45, 2.75) is 13.5 Å². The third kappa shape index (κ3) is 3.87. The first kappa shape index (κ1) is 21.7. The molecule has 162 valence electrons. The third-order valence-electron chi connectivity index (χ3n) is 5.44. The van der Waals surface area contributed by atoms with Gasteiger partial charge in [-0.05, 0) is 30.7 Å². The molecule has 0 atom stereocenters. The molecule has 1 aliphatic heterocycles. The minimum absolute atomic E-state index is 0.310. The van der Waals surface area contributed by atoms with Gasteiger partial charge in [-0.1, -0.05) is 72.3 Å². The zero-order chi connectivity index (χ0) is 22.7. The Morgan fingerprint density at radius 1 is 0.875 bits per heavy atom. The summed E-state index contributed by atoms with van der Waals surface area (Å²) in [4.78, 5) is 30.6. The molecule has 32 heavy (non-hydrogen) atoms. The molecule has 0 aromatic heterocycles. The summed E-state index contributed by atoms with van der Waals surface area (Å²) >= 11 is 6.38. The molecule has 6 heteroatoms. The van der Waals surface area contributed by atoms with E-state index in [1.165, 1.54) is 0 Å². The van der Waals surface area contributed by atoms with Crippen molar-refractivity contribution in [1.29, 1.82) is 0 Å². The molecule has 0 saturated heterocycles. The maximum absolute atomic E-state index is 13.7. The molecule has 3 aromatic rings. The van der Waals surface area contributed by atoms with Gasteiger partial charge in [-0.2, -0.15) is 0 Å². The molecule has 0 N–H and O–H groups in total. The van der Waals surface area contributed by atoms with Crippen LogP contribution in [0.2, 0.25) is 5.02 Å². The van der Waals surface area contributed by atoms with Crippen molar-refractivity contribution in [3.8, 4) is 5.75 Å². The van der Waals surface area contributed by atoms with E-state index in [1.807, 2.05) is 54.3 Å². The summed E-state index contributed by atoms with van der Waals surface area (Å²) in [6.45, 7) is 2.99. The third-order valence-corrected chi connectivity index (χ3v) is 5.76. The number of hydrogen-bond donors (Lipinski definition) is 0. The second kappa shape index (κ2) is 9.28. The molecule has 0 bridgehead atoms. The van der Waals surface area contributed by atoms with Crippen molar-refractivity contribution < 1.29 is 14.3 Å². The van der Waals surface area contributed by atoms with E-state index in [0.717, 1.165) is 10.5 Å². The van der Waals surface area contributed by atoms with E-state index in [4.69, 9.17) is 16.3 Å². The number of halogens is 1. The fourth-order valence-corrected chi connectivity index (χ4v) is 4.13. The number of hydrogen-bond acceptors (Lipinski definition) is 4. The molecule has 0 saturated carbocycles. The Morgan fingerprint density at radius 3 is 2.22 bits per heavy atom. The van der Waals surface area contributed by atoms with Crippen LogP contribution in [0.25, 0.3) is 5.57 Å². The standard InChI is InChI=1S/C26H23ClN2O3/c1-3-28(17-18-11-5-4-6-12-18)24-23(19-13-7-10-16-22(19)32-2)25(30)29(26(24)31)21-15-9-8-14-20(21)27/h4-16H,3,17H2,1-2H3. The SMILES string of the molecule is CCN(Cc1ccccc1)C1=C(c2ccccc2OC)C(=O)N(c2ccccc2Cl)C1=O. The van der Waals surface area contributed by atoms with Crippen molar-refractivity contribution in [2.75, 3.05) is 18.6 Å². The Kier molecular flexibility index (Phi) is 6.28. The first-order valence-electron chi connectivity index (χ1n) is 10.4. The number of para-hydroxylation sites is 2. The number of likely N-dealkylation sites (N-methyl/N-ethyl adjacent to an activating group) is 1. The monoisotopic (exact) mass is 446 g/mol. The van der Waals surface area contributed by atoms with Crippen LogP contribution < -0.4 is 9.64 Å². The largest absolute Gasteiger partial charge is 0.496 e. The molecular weight excluding hydrogens is 424 g/mol. The highest BCUT2D eigenvalue weighted by Gasteiger charge is 2.43. The maximum atomic E-state index is 13.7. The predicted octanol–water partition coefficient (Wildman–Crippen LogP) is 5.16. The van der Waals surface area contributed by atoms with Crippen LogP contribution in [-0.4, -0.2) is 30.4 Å². The molecule has 0 radical (unpaired) electrons. The quantitative estimate of drug-likeness (QED) is 0.471. The van der Waals surface area contributed by atoms with E-state index in [1.54, 1.807) is 43.5 Å². The summed E-state index contributed by atoms with van der Waals surface area (Å²) in [6, 6.07) is 23.9. The van der Waals surface area contributed by atoms with Crippen LogP contribution in [0.4, 0.5) is 5.69 Å². The summed E-state index contributed by atoms with van der Waals surface area (Å²) < 4.78 is 5.53.